The zero-order valence-corrected chi connectivity index (χ0v) is 13.8. The van der Waals surface area contributed by atoms with Gasteiger partial charge in [-0.2, -0.15) is 0 Å². The first-order valence-electron chi connectivity index (χ1n) is 7.50. The second-order valence-corrected chi connectivity index (χ2v) is 7.21. The number of hydrogen-bond donors (Lipinski definition) is 1. The molecule has 0 aliphatic carbocycles. The molecule has 2 atom stereocenters. The van der Waals surface area contributed by atoms with Crippen molar-refractivity contribution in [3.8, 4) is 0 Å². The zero-order valence-electron chi connectivity index (χ0n) is 13.8. The molecule has 1 nitrogen and oxygen atoms in total. The van der Waals surface area contributed by atoms with Gasteiger partial charge in [0, 0.05) is 5.54 Å². The molecule has 0 amide bonds. The minimum absolute atomic E-state index is 0.217. The molecule has 1 aromatic carbocycles. The van der Waals surface area contributed by atoms with E-state index in [1.807, 2.05) is 0 Å². The molecule has 1 aromatic rings. The third-order valence-corrected chi connectivity index (χ3v) is 4.05. The summed E-state index contributed by atoms with van der Waals surface area (Å²) in [4.78, 5) is 0. The molecular weight excluding hydrogens is 230 g/mol. The summed E-state index contributed by atoms with van der Waals surface area (Å²) in [5.41, 5.74) is 4.48. The van der Waals surface area contributed by atoms with Gasteiger partial charge in [0.15, 0.2) is 0 Å². The molecule has 0 aromatic heterocycles. The number of nitrogens with one attached hydrogen (secondary N) is 1. The second-order valence-electron chi connectivity index (χ2n) is 7.21. The van der Waals surface area contributed by atoms with Gasteiger partial charge in [0.05, 0.1) is 0 Å². The van der Waals surface area contributed by atoms with Gasteiger partial charge in [0.2, 0.25) is 0 Å². The van der Waals surface area contributed by atoms with Crippen molar-refractivity contribution in [1.82, 2.24) is 5.32 Å². The zero-order chi connectivity index (χ0) is 14.6. The van der Waals surface area contributed by atoms with Crippen molar-refractivity contribution in [2.24, 2.45) is 11.8 Å². The molecule has 0 fully saturated rings. The maximum atomic E-state index is 3.61. The van der Waals surface area contributed by atoms with Crippen LogP contribution in [0, 0.1) is 25.7 Å². The predicted molar refractivity (Wildman–Crippen MR) is 85.7 cm³/mol. The summed E-state index contributed by atoms with van der Waals surface area (Å²) in [6.45, 7) is 16.9. The van der Waals surface area contributed by atoms with Crippen LogP contribution in [-0.2, 0) is 6.42 Å². The first kappa shape index (κ1) is 16.2. The van der Waals surface area contributed by atoms with Gasteiger partial charge < -0.3 is 5.32 Å². The average molecular weight is 261 g/mol. The summed E-state index contributed by atoms with van der Waals surface area (Å²) in [6.07, 6.45) is 1.17. The fraction of sp³-hybridized carbons (Fsp3) is 0.667. The molecule has 0 saturated heterocycles. The van der Waals surface area contributed by atoms with Crippen LogP contribution in [0.1, 0.15) is 51.3 Å². The highest BCUT2D eigenvalue weighted by Crippen LogP contribution is 2.19. The Hall–Kier alpha value is -0.820. The third-order valence-electron chi connectivity index (χ3n) is 4.05. The monoisotopic (exact) mass is 261 g/mol. The summed E-state index contributed by atoms with van der Waals surface area (Å²) in [6, 6.07) is 6.87. The SMILES string of the molecule is Cc1ccc(CC(C)C(C)CNC(C)(C)C)cc1C. The summed E-state index contributed by atoms with van der Waals surface area (Å²) in [5.74, 6) is 1.40. The van der Waals surface area contributed by atoms with E-state index in [1.54, 1.807) is 0 Å². The summed E-state index contributed by atoms with van der Waals surface area (Å²) < 4.78 is 0. The van der Waals surface area contributed by atoms with Gasteiger partial charge in [0.25, 0.3) is 0 Å². The highest BCUT2D eigenvalue weighted by atomic mass is 14.9. The minimum Gasteiger partial charge on any atom is -0.312 e. The molecule has 0 aliphatic rings. The lowest BCUT2D eigenvalue weighted by molar-refractivity contribution is 0.317. The lowest BCUT2D eigenvalue weighted by Gasteiger charge is -2.26. The van der Waals surface area contributed by atoms with Crippen molar-refractivity contribution in [2.45, 2.75) is 60.4 Å². The van der Waals surface area contributed by atoms with Gasteiger partial charge in [-0.1, -0.05) is 32.0 Å². The normalized spacial score (nSPS) is 15.3. The average Bonchev–Trinajstić information content (AvgIpc) is 2.29. The van der Waals surface area contributed by atoms with E-state index < -0.39 is 0 Å². The number of benzene rings is 1. The van der Waals surface area contributed by atoms with Crippen LogP contribution in [0.4, 0.5) is 0 Å². The van der Waals surface area contributed by atoms with Crippen molar-refractivity contribution in [1.29, 1.82) is 0 Å². The second kappa shape index (κ2) is 6.56. The topological polar surface area (TPSA) is 12.0 Å². The quantitative estimate of drug-likeness (QED) is 0.822. The predicted octanol–water partition coefficient (Wildman–Crippen LogP) is 4.51. The van der Waals surface area contributed by atoms with Gasteiger partial charge >= 0.3 is 0 Å². The van der Waals surface area contributed by atoms with E-state index in [0.717, 1.165) is 6.54 Å². The van der Waals surface area contributed by atoms with E-state index >= 15 is 0 Å². The Balaban J connectivity index is 2.53. The Morgan fingerprint density at radius 1 is 1.00 bits per heavy atom. The van der Waals surface area contributed by atoms with E-state index in [0.29, 0.717) is 11.8 Å². The first-order chi connectivity index (χ1) is 8.69. The molecular formula is C18H31N. The maximum Gasteiger partial charge on any atom is 0.00966 e. The van der Waals surface area contributed by atoms with Crippen molar-refractivity contribution in [3.63, 3.8) is 0 Å². The van der Waals surface area contributed by atoms with E-state index in [-0.39, 0.29) is 5.54 Å². The number of hydrogen-bond acceptors (Lipinski definition) is 1. The molecule has 108 valence electrons. The van der Waals surface area contributed by atoms with Gasteiger partial charge in [-0.25, -0.2) is 0 Å². The highest BCUT2D eigenvalue weighted by Gasteiger charge is 2.16. The molecule has 19 heavy (non-hydrogen) atoms. The Bertz CT molecular complexity index is 401. The Labute approximate surface area is 119 Å². The number of rotatable bonds is 5. The van der Waals surface area contributed by atoms with E-state index in [2.05, 4.69) is 72.0 Å². The van der Waals surface area contributed by atoms with E-state index in [1.165, 1.54) is 23.1 Å². The largest absolute Gasteiger partial charge is 0.312 e. The third kappa shape index (κ3) is 5.78. The van der Waals surface area contributed by atoms with Gasteiger partial charge in [-0.05, 0) is 76.1 Å². The van der Waals surface area contributed by atoms with Gasteiger partial charge in [-0.15, -0.1) is 0 Å². The first-order valence-corrected chi connectivity index (χ1v) is 7.50. The van der Waals surface area contributed by atoms with Crippen LogP contribution in [-0.4, -0.2) is 12.1 Å². The Morgan fingerprint density at radius 2 is 1.63 bits per heavy atom. The van der Waals surface area contributed by atoms with Crippen molar-refractivity contribution >= 4 is 0 Å². The summed E-state index contributed by atoms with van der Waals surface area (Å²) >= 11 is 0. The smallest absolute Gasteiger partial charge is 0.00966 e. The molecule has 1 rings (SSSR count). The fourth-order valence-corrected chi connectivity index (χ4v) is 2.17. The molecule has 1 N–H and O–H groups in total. The highest BCUT2D eigenvalue weighted by molar-refractivity contribution is 5.30. The standard InChI is InChI=1S/C18H31N/c1-13-8-9-17(10-14(13)2)11-15(3)16(4)12-19-18(5,6)7/h8-10,15-16,19H,11-12H2,1-7H3. The minimum atomic E-state index is 0.217. The van der Waals surface area contributed by atoms with Crippen LogP contribution in [0.5, 0.6) is 0 Å². The molecule has 0 saturated carbocycles. The van der Waals surface area contributed by atoms with Crippen LogP contribution >= 0.6 is 0 Å². The molecule has 0 bridgehead atoms. The van der Waals surface area contributed by atoms with Crippen LogP contribution in [0.2, 0.25) is 0 Å². The van der Waals surface area contributed by atoms with Crippen LogP contribution < -0.4 is 5.32 Å². The van der Waals surface area contributed by atoms with Crippen molar-refractivity contribution < 1.29 is 0 Å². The number of aryl methyl sites for hydroxylation is 2. The summed E-state index contributed by atoms with van der Waals surface area (Å²) in [7, 11) is 0. The van der Waals surface area contributed by atoms with Gasteiger partial charge in [-0.3, -0.25) is 0 Å². The van der Waals surface area contributed by atoms with E-state index in [9.17, 15) is 0 Å². The summed E-state index contributed by atoms with van der Waals surface area (Å²) in [5, 5.41) is 3.61. The van der Waals surface area contributed by atoms with Crippen molar-refractivity contribution in [3.05, 3.63) is 34.9 Å². The lowest BCUT2D eigenvalue weighted by atomic mass is 9.88. The van der Waals surface area contributed by atoms with Crippen LogP contribution in [0.25, 0.3) is 0 Å². The van der Waals surface area contributed by atoms with Crippen LogP contribution in [0.3, 0.4) is 0 Å². The van der Waals surface area contributed by atoms with E-state index in [4.69, 9.17) is 0 Å². The lowest BCUT2D eigenvalue weighted by Crippen LogP contribution is -2.40. The molecule has 0 aliphatic heterocycles. The van der Waals surface area contributed by atoms with Crippen molar-refractivity contribution in [2.75, 3.05) is 6.54 Å². The fourth-order valence-electron chi connectivity index (χ4n) is 2.17. The molecule has 0 radical (unpaired) electrons. The molecule has 1 heteroatoms. The molecule has 2 unspecified atom stereocenters. The molecule has 0 spiro atoms. The Kier molecular flexibility index (Phi) is 5.61. The maximum absolute atomic E-state index is 3.61. The van der Waals surface area contributed by atoms with Gasteiger partial charge in [0.1, 0.15) is 0 Å². The van der Waals surface area contributed by atoms with Crippen LogP contribution in [0.15, 0.2) is 18.2 Å². The molecule has 0 heterocycles. The Morgan fingerprint density at radius 3 is 2.16 bits per heavy atom.